The number of alkyl halides is 1. The number of hydrogen-bond acceptors (Lipinski definition) is 5. The van der Waals surface area contributed by atoms with E-state index in [-0.39, 0.29) is 35.5 Å². The van der Waals surface area contributed by atoms with Crippen molar-refractivity contribution < 1.29 is 24.0 Å². The van der Waals surface area contributed by atoms with Gasteiger partial charge in [-0.25, -0.2) is 0 Å². The molecule has 1 aromatic carbocycles. The first kappa shape index (κ1) is 17.1. The molecule has 8 nitrogen and oxygen atoms in total. The number of halogens is 1. The molecule has 2 aliphatic rings. The lowest BCUT2D eigenvalue weighted by atomic mass is 10.1. The summed E-state index contributed by atoms with van der Waals surface area (Å²) in [6.07, 6.45) is 0.736. The van der Waals surface area contributed by atoms with Crippen molar-refractivity contribution in [2.45, 2.75) is 25.3 Å². The molecule has 2 N–H and O–H groups in total. The summed E-state index contributed by atoms with van der Waals surface area (Å²) < 4.78 is 0. The van der Waals surface area contributed by atoms with Gasteiger partial charge in [-0.2, -0.15) is 0 Å². The van der Waals surface area contributed by atoms with E-state index in [4.69, 9.17) is 11.6 Å². The van der Waals surface area contributed by atoms with Crippen molar-refractivity contribution in [3.05, 3.63) is 29.3 Å². The number of fused-ring (bicyclic) bond motifs is 1. The smallest absolute Gasteiger partial charge is 0.264 e. The molecule has 2 aliphatic heterocycles. The molecule has 5 amide bonds. The van der Waals surface area contributed by atoms with Gasteiger partial charge in [0.1, 0.15) is 11.9 Å². The van der Waals surface area contributed by atoms with Gasteiger partial charge in [0, 0.05) is 6.42 Å². The van der Waals surface area contributed by atoms with Crippen molar-refractivity contribution in [3.8, 4) is 0 Å². The van der Waals surface area contributed by atoms with Gasteiger partial charge in [0.25, 0.3) is 11.8 Å². The van der Waals surface area contributed by atoms with Crippen molar-refractivity contribution in [3.63, 3.8) is 0 Å². The Hall–Kier alpha value is -2.74. The summed E-state index contributed by atoms with van der Waals surface area (Å²) in [5, 5.41) is 4.65. The normalized spacial score (nSPS) is 20.2. The molecule has 0 aromatic heterocycles. The highest BCUT2D eigenvalue weighted by atomic mass is 35.5. The Morgan fingerprint density at radius 1 is 1.24 bits per heavy atom. The molecule has 0 bridgehead atoms. The average Bonchev–Trinajstić information content (AvgIpc) is 2.72. The van der Waals surface area contributed by atoms with Gasteiger partial charge in [0.2, 0.25) is 17.7 Å². The standard InChI is InChI=1S/C16H14ClN3O5/c17-7-12(22)18-9-4-1-3-8-13(9)16(25)20(15(8)24)10-5-2-6-11(21)19-14(10)23/h1,3-4,10H,2,5-7H2,(H,18,22)(H,19,21,23)/t10-/m0/s1. The molecule has 130 valence electrons. The molecule has 0 saturated carbocycles. The Morgan fingerprint density at radius 3 is 2.72 bits per heavy atom. The van der Waals surface area contributed by atoms with E-state index >= 15 is 0 Å². The van der Waals surface area contributed by atoms with Crippen LogP contribution in [0.4, 0.5) is 5.69 Å². The van der Waals surface area contributed by atoms with Gasteiger partial charge in [-0.1, -0.05) is 6.07 Å². The van der Waals surface area contributed by atoms with E-state index in [2.05, 4.69) is 10.6 Å². The number of hydrogen-bond donors (Lipinski definition) is 2. The number of carbonyl (C=O) groups is 5. The van der Waals surface area contributed by atoms with E-state index in [9.17, 15) is 24.0 Å². The summed E-state index contributed by atoms with van der Waals surface area (Å²) in [5.74, 6) is -3.24. The number of nitrogens with zero attached hydrogens (tertiary/aromatic N) is 1. The Balaban J connectivity index is 1.97. The van der Waals surface area contributed by atoms with Crippen LogP contribution in [0.5, 0.6) is 0 Å². The first-order valence-corrected chi connectivity index (χ1v) is 8.18. The second-order valence-electron chi connectivity index (χ2n) is 5.71. The van der Waals surface area contributed by atoms with Gasteiger partial charge in [-0.15, -0.1) is 11.6 Å². The van der Waals surface area contributed by atoms with E-state index in [1.807, 2.05) is 0 Å². The molecule has 0 aliphatic carbocycles. The van der Waals surface area contributed by atoms with E-state index in [1.165, 1.54) is 18.2 Å². The molecule has 0 unspecified atom stereocenters. The Labute approximate surface area is 147 Å². The van der Waals surface area contributed by atoms with E-state index in [0.29, 0.717) is 6.42 Å². The minimum atomic E-state index is -1.06. The molecule has 0 spiro atoms. The van der Waals surface area contributed by atoms with Crippen LogP contribution in [0.1, 0.15) is 40.0 Å². The average molecular weight is 364 g/mol. The lowest BCUT2D eigenvalue weighted by molar-refractivity contribution is -0.131. The summed E-state index contributed by atoms with van der Waals surface area (Å²) in [4.78, 5) is 61.5. The minimum absolute atomic E-state index is 0.0225. The van der Waals surface area contributed by atoms with E-state index < -0.39 is 35.6 Å². The second kappa shape index (κ2) is 6.64. The number of carbonyl (C=O) groups excluding carboxylic acids is 5. The van der Waals surface area contributed by atoms with Crippen LogP contribution in [0.2, 0.25) is 0 Å². The van der Waals surface area contributed by atoms with Gasteiger partial charge >= 0.3 is 0 Å². The Bertz CT molecular complexity index is 807. The van der Waals surface area contributed by atoms with Crippen LogP contribution in [0.25, 0.3) is 0 Å². The Kier molecular flexibility index (Phi) is 4.54. The van der Waals surface area contributed by atoms with Gasteiger partial charge in [-0.05, 0) is 25.0 Å². The highest BCUT2D eigenvalue weighted by Crippen LogP contribution is 2.32. The lowest BCUT2D eigenvalue weighted by Gasteiger charge is -2.23. The summed E-state index contributed by atoms with van der Waals surface area (Å²) in [6.45, 7) is 0. The predicted octanol–water partition coefficient (Wildman–Crippen LogP) is 0.655. The minimum Gasteiger partial charge on any atom is -0.324 e. The summed E-state index contributed by atoms with van der Waals surface area (Å²) >= 11 is 5.46. The zero-order valence-electron chi connectivity index (χ0n) is 13.0. The molecule has 1 aromatic rings. The van der Waals surface area contributed by atoms with Gasteiger partial charge in [-0.3, -0.25) is 34.2 Å². The molecule has 9 heteroatoms. The topological polar surface area (TPSA) is 113 Å². The van der Waals surface area contributed by atoms with Crippen molar-refractivity contribution >= 4 is 46.8 Å². The highest BCUT2D eigenvalue weighted by Gasteiger charge is 2.44. The van der Waals surface area contributed by atoms with Crippen molar-refractivity contribution in [2.24, 2.45) is 0 Å². The maximum Gasteiger partial charge on any atom is 0.264 e. The molecule has 1 atom stereocenters. The fraction of sp³-hybridized carbons (Fsp3) is 0.312. The largest absolute Gasteiger partial charge is 0.324 e. The number of imide groups is 2. The first-order chi connectivity index (χ1) is 11.9. The van der Waals surface area contributed by atoms with Crippen LogP contribution < -0.4 is 10.6 Å². The highest BCUT2D eigenvalue weighted by molar-refractivity contribution is 6.30. The maximum atomic E-state index is 12.8. The number of anilines is 1. The van der Waals surface area contributed by atoms with Crippen molar-refractivity contribution in [2.75, 3.05) is 11.2 Å². The second-order valence-corrected chi connectivity index (χ2v) is 5.98. The number of nitrogens with one attached hydrogen (secondary N) is 2. The van der Waals surface area contributed by atoms with Gasteiger partial charge in [0.15, 0.2) is 0 Å². The summed E-state index contributed by atoms with van der Waals surface area (Å²) in [6, 6.07) is 3.39. The van der Waals surface area contributed by atoms with Crippen LogP contribution >= 0.6 is 11.6 Å². The van der Waals surface area contributed by atoms with Crippen LogP contribution in [-0.2, 0) is 14.4 Å². The van der Waals surface area contributed by atoms with Crippen molar-refractivity contribution in [1.82, 2.24) is 10.2 Å². The zero-order chi connectivity index (χ0) is 18.1. The van der Waals surface area contributed by atoms with Crippen LogP contribution in [0.3, 0.4) is 0 Å². The number of rotatable bonds is 3. The maximum absolute atomic E-state index is 12.8. The summed E-state index contributed by atoms with van der Waals surface area (Å²) in [5.41, 5.74) is 0.282. The Morgan fingerprint density at radius 2 is 2.00 bits per heavy atom. The van der Waals surface area contributed by atoms with Gasteiger partial charge in [0.05, 0.1) is 16.8 Å². The molecular weight excluding hydrogens is 350 g/mol. The lowest BCUT2D eigenvalue weighted by Crippen LogP contribution is -2.49. The third kappa shape index (κ3) is 3.00. The molecule has 2 heterocycles. The molecule has 1 fully saturated rings. The fourth-order valence-corrected chi connectivity index (χ4v) is 3.06. The zero-order valence-corrected chi connectivity index (χ0v) is 13.8. The van der Waals surface area contributed by atoms with Crippen molar-refractivity contribution in [1.29, 1.82) is 0 Å². The third-order valence-electron chi connectivity index (χ3n) is 4.10. The molecular formula is C16H14ClN3O5. The van der Waals surface area contributed by atoms with Crippen LogP contribution in [0.15, 0.2) is 18.2 Å². The van der Waals surface area contributed by atoms with E-state index in [0.717, 1.165) is 4.90 Å². The molecule has 3 rings (SSSR count). The molecule has 1 saturated heterocycles. The van der Waals surface area contributed by atoms with Crippen LogP contribution in [0, 0.1) is 0 Å². The monoisotopic (exact) mass is 363 g/mol. The SMILES string of the molecule is O=C1CCC[C@H](N2C(=O)c3cccc(NC(=O)CCl)c3C2=O)C(=O)N1. The first-order valence-electron chi connectivity index (χ1n) is 7.64. The third-order valence-corrected chi connectivity index (χ3v) is 4.34. The van der Waals surface area contributed by atoms with Crippen LogP contribution in [-0.4, -0.2) is 46.4 Å². The number of amides is 5. The van der Waals surface area contributed by atoms with E-state index in [1.54, 1.807) is 0 Å². The number of benzene rings is 1. The molecule has 25 heavy (non-hydrogen) atoms. The van der Waals surface area contributed by atoms with Gasteiger partial charge < -0.3 is 5.32 Å². The fourth-order valence-electron chi connectivity index (χ4n) is 2.99. The quantitative estimate of drug-likeness (QED) is 0.605. The predicted molar refractivity (Wildman–Crippen MR) is 87.1 cm³/mol. The summed E-state index contributed by atoms with van der Waals surface area (Å²) in [7, 11) is 0. The molecule has 0 radical (unpaired) electrons.